The largest absolute Gasteiger partial charge is 0.445 e. The molecule has 0 aromatic heterocycles. The standard InChI is InChI=1S/C18H32Cl3NO4Si/c1-11(2)27(12(3)4,13(5)6)25-9-14-7-22(8-15-16(14)26-15)17(23)24-10-18(19,20)21/h11-16H,7-10H2,1-6H3/t14-,15+,16-/m1/s1. The average Bonchev–Trinajstić information content (AvgIpc) is 3.30. The Kier molecular flexibility index (Phi) is 7.82. The van der Waals surface area contributed by atoms with Gasteiger partial charge in [-0.3, -0.25) is 0 Å². The van der Waals surface area contributed by atoms with Crippen LogP contribution in [-0.4, -0.2) is 61.6 Å². The van der Waals surface area contributed by atoms with Crippen molar-refractivity contribution in [2.75, 3.05) is 26.3 Å². The van der Waals surface area contributed by atoms with Gasteiger partial charge in [-0.25, -0.2) is 4.79 Å². The Bertz CT molecular complexity index is 505. The average molecular weight is 461 g/mol. The Morgan fingerprint density at radius 2 is 1.67 bits per heavy atom. The molecular formula is C18H32Cl3NO4Si. The SMILES string of the molecule is CC(C)[Si](OC[C@H]1CN(C(=O)OCC(Cl)(Cl)Cl)C[C@@H]2O[C@H]12)(C(C)C)C(C)C. The molecule has 5 nitrogen and oxygen atoms in total. The summed E-state index contributed by atoms with van der Waals surface area (Å²) >= 11 is 17.0. The summed E-state index contributed by atoms with van der Waals surface area (Å²) in [5, 5.41) is 0. The molecule has 0 unspecified atom stereocenters. The lowest BCUT2D eigenvalue weighted by Gasteiger charge is -2.43. The first-order valence-electron chi connectivity index (χ1n) is 9.66. The van der Waals surface area contributed by atoms with E-state index in [9.17, 15) is 4.79 Å². The van der Waals surface area contributed by atoms with Gasteiger partial charge in [-0.15, -0.1) is 0 Å². The van der Waals surface area contributed by atoms with Crippen molar-refractivity contribution in [3.8, 4) is 0 Å². The Morgan fingerprint density at radius 3 is 2.15 bits per heavy atom. The maximum Gasteiger partial charge on any atom is 0.410 e. The minimum absolute atomic E-state index is 0.0564. The van der Waals surface area contributed by atoms with E-state index < -0.39 is 18.2 Å². The van der Waals surface area contributed by atoms with E-state index in [-0.39, 0.29) is 24.7 Å². The van der Waals surface area contributed by atoms with Crippen molar-refractivity contribution in [3.05, 3.63) is 0 Å². The number of halogens is 3. The molecule has 27 heavy (non-hydrogen) atoms. The number of ether oxygens (including phenoxy) is 2. The zero-order chi connectivity index (χ0) is 20.6. The van der Waals surface area contributed by atoms with E-state index in [0.29, 0.717) is 36.3 Å². The first-order chi connectivity index (χ1) is 12.4. The van der Waals surface area contributed by atoms with Crippen LogP contribution in [0.3, 0.4) is 0 Å². The van der Waals surface area contributed by atoms with Gasteiger partial charge in [-0.2, -0.15) is 0 Å². The number of alkyl halides is 3. The van der Waals surface area contributed by atoms with Gasteiger partial charge in [0, 0.05) is 19.1 Å². The van der Waals surface area contributed by atoms with Crippen molar-refractivity contribution in [1.82, 2.24) is 4.90 Å². The summed E-state index contributed by atoms with van der Waals surface area (Å²) in [4.78, 5) is 14.0. The zero-order valence-electron chi connectivity index (χ0n) is 17.0. The summed E-state index contributed by atoms with van der Waals surface area (Å²) in [6.07, 6.45) is -0.248. The summed E-state index contributed by atoms with van der Waals surface area (Å²) in [7, 11) is -1.95. The highest BCUT2D eigenvalue weighted by Crippen LogP contribution is 2.44. The second-order valence-corrected chi connectivity index (χ2v) is 16.6. The Hall–Kier alpha value is 0.277. The molecule has 0 aromatic rings. The number of amides is 1. The lowest BCUT2D eigenvalue weighted by molar-refractivity contribution is 0.0827. The van der Waals surface area contributed by atoms with E-state index in [2.05, 4.69) is 41.5 Å². The first-order valence-corrected chi connectivity index (χ1v) is 12.9. The highest BCUT2D eigenvalue weighted by Gasteiger charge is 2.53. The third-order valence-corrected chi connectivity index (χ3v) is 12.2. The molecule has 0 aliphatic carbocycles. The summed E-state index contributed by atoms with van der Waals surface area (Å²) in [5.74, 6) is 0.146. The molecule has 0 saturated carbocycles. The number of piperidine rings is 1. The van der Waals surface area contributed by atoms with Gasteiger partial charge in [-0.05, 0) is 16.6 Å². The fourth-order valence-electron chi connectivity index (χ4n) is 4.68. The number of likely N-dealkylation sites (tertiary alicyclic amines) is 1. The van der Waals surface area contributed by atoms with Crippen molar-refractivity contribution in [3.63, 3.8) is 0 Å². The number of epoxide rings is 1. The summed E-state index contributed by atoms with van der Waals surface area (Å²) in [5.41, 5.74) is 1.55. The van der Waals surface area contributed by atoms with Crippen molar-refractivity contribution < 1.29 is 18.7 Å². The predicted molar refractivity (Wildman–Crippen MR) is 112 cm³/mol. The van der Waals surface area contributed by atoms with Crippen LogP contribution in [0.25, 0.3) is 0 Å². The van der Waals surface area contributed by atoms with Crippen LogP contribution < -0.4 is 0 Å². The van der Waals surface area contributed by atoms with Crippen LogP contribution in [-0.2, 0) is 13.9 Å². The first kappa shape index (κ1) is 23.6. The van der Waals surface area contributed by atoms with E-state index in [0.717, 1.165) is 0 Å². The molecule has 0 aromatic carbocycles. The van der Waals surface area contributed by atoms with Crippen LogP contribution in [0.1, 0.15) is 41.5 Å². The second kappa shape index (κ2) is 8.96. The molecule has 2 heterocycles. The Morgan fingerprint density at radius 1 is 1.11 bits per heavy atom. The molecule has 158 valence electrons. The van der Waals surface area contributed by atoms with Gasteiger partial charge in [0.2, 0.25) is 3.79 Å². The van der Waals surface area contributed by atoms with Crippen molar-refractivity contribution in [2.45, 2.75) is 74.2 Å². The summed E-state index contributed by atoms with van der Waals surface area (Å²) < 4.78 is 16.0. The predicted octanol–water partition coefficient (Wildman–Crippen LogP) is 5.38. The van der Waals surface area contributed by atoms with Crippen LogP contribution >= 0.6 is 34.8 Å². The number of carbonyl (C=O) groups excluding carboxylic acids is 1. The highest BCUT2D eigenvalue weighted by molar-refractivity contribution is 6.77. The molecule has 9 heteroatoms. The molecule has 2 fully saturated rings. The lowest BCUT2D eigenvalue weighted by Crippen LogP contribution is -2.51. The minimum atomic E-state index is -1.95. The number of carbonyl (C=O) groups is 1. The van der Waals surface area contributed by atoms with Gasteiger partial charge in [-0.1, -0.05) is 76.3 Å². The maximum absolute atomic E-state index is 12.3. The second-order valence-electron chi connectivity index (χ2n) is 8.60. The molecule has 2 rings (SSSR count). The molecule has 1 amide bonds. The van der Waals surface area contributed by atoms with Gasteiger partial charge in [0.25, 0.3) is 0 Å². The highest BCUT2D eigenvalue weighted by atomic mass is 35.6. The van der Waals surface area contributed by atoms with E-state index >= 15 is 0 Å². The number of rotatable bonds is 7. The van der Waals surface area contributed by atoms with Gasteiger partial charge in [0.05, 0.1) is 12.6 Å². The van der Waals surface area contributed by atoms with E-state index in [4.69, 9.17) is 48.7 Å². The fourth-order valence-corrected chi connectivity index (χ4v) is 10.3. The smallest absolute Gasteiger partial charge is 0.410 e. The van der Waals surface area contributed by atoms with Crippen molar-refractivity contribution in [1.29, 1.82) is 0 Å². The molecule has 2 aliphatic rings. The minimum Gasteiger partial charge on any atom is -0.445 e. The number of nitrogens with zero attached hydrogens (tertiary/aromatic N) is 1. The van der Waals surface area contributed by atoms with Crippen LogP contribution in [0, 0.1) is 5.92 Å². The quantitative estimate of drug-likeness (QED) is 0.290. The molecule has 0 radical (unpaired) electrons. The van der Waals surface area contributed by atoms with E-state index in [1.54, 1.807) is 4.90 Å². The van der Waals surface area contributed by atoms with Crippen LogP contribution in [0.2, 0.25) is 16.6 Å². The topological polar surface area (TPSA) is 51.3 Å². The Balaban J connectivity index is 1.99. The van der Waals surface area contributed by atoms with Gasteiger partial charge >= 0.3 is 6.09 Å². The summed E-state index contributed by atoms with van der Waals surface area (Å²) in [6, 6.07) is 0. The van der Waals surface area contributed by atoms with Gasteiger partial charge in [0.15, 0.2) is 8.32 Å². The Labute approximate surface area is 179 Å². The third-order valence-electron chi connectivity index (χ3n) is 5.81. The molecule has 0 N–H and O–H groups in total. The lowest BCUT2D eigenvalue weighted by atomic mass is 9.99. The molecule has 2 saturated heterocycles. The van der Waals surface area contributed by atoms with Crippen LogP contribution in [0.15, 0.2) is 0 Å². The monoisotopic (exact) mass is 459 g/mol. The number of hydrogen-bond acceptors (Lipinski definition) is 4. The van der Waals surface area contributed by atoms with E-state index in [1.165, 1.54) is 0 Å². The van der Waals surface area contributed by atoms with Crippen LogP contribution in [0.4, 0.5) is 4.79 Å². The van der Waals surface area contributed by atoms with Gasteiger partial charge < -0.3 is 18.8 Å². The molecule has 3 atom stereocenters. The molecule has 2 aliphatic heterocycles. The van der Waals surface area contributed by atoms with Gasteiger partial charge in [0.1, 0.15) is 12.7 Å². The van der Waals surface area contributed by atoms with Crippen molar-refractivity contribution >= 4 is 49.2 Å². The van der Waals surface area contributed by atoms with E-state index in [1.807, 2.05) is 0 Å². The summed E-state index contributed by atoms with van der Waals surface area (Å²) in [6.45, 7) is 15.0. The number of hydrogen-bond donors (Lipinski definition) is 0. The number of fused-ring (bicyclic) bond motifs is 1. The normalized spacial score (nSPS) is 25.9. The molecule has 0 spiro atoms. The maximum atomic E-state index is 12.3. The molecule has 0 bridgehead atoms. The fraction of sp³-hybridized carbons (Fsp3) is 0.944. The third kappa shape index (κ3) is 5.67. The zero-order valence-corrected chi connectivity index (χ0v) is 20.3. The molecular weight excluding hydrogens is 429 g/mol. The van der Waals surface area contributed by atoms with Crippen molar-refractivity contribution in [2.24, 2.45) is 5.92 Å². The van der Waals surface area contributed by atoms with Crippen LogP contribution in [0.5, 0.6) is 0 Å².